The van der Waals surface area contributed by atoms with Gasteiger partial charge in [-0.2, -0.15) is 0 Å². The van der Waals surface area contributed by atoms with Crippen LogP contribution in [0.15, 0.2) is 24.3 Å². The Morgan fingerprint density at radius 3 is 2.45 bits per heavy atom. The Labute approximate surface area is 121 Å². The minimum atomic E-state index is -0.633. The van der Waals surface area contributed by atoms with Crippen LogP contribution in [0.25, 0.3) is 0 Å². The van der Waals surface area contributed by atoms with Gasteiger partial charge in [-0.3, -0.25) is 0 Å². The zero-order valence-electron chi connectivity index (χ0n) is 12.5. The fourth-order valence-electron chi connectivity index (χ4n) is 2.65. The molecule has 1 saturated heterocycles. The van der Waals surface area contributed by atoms with E-state index in [4.69, 9.17) is 10.5 Å². The number of hydrogen-bond donors (Lipinski definition) is 2. The number of benzene rings is 1. The van der Waals surface area contributed by atoms with Gasteiger partial charge in [-0.25, -0.2) is 0 Å². The van der Waals surface area contributed by atoms with Crippen LogP contribution in [0, 0.1) is 0 Å². The highest BCUT2D eigenvalue weighted by atomic mass is 16.5. The van der Waals surface area contributed by atoms with Gasteiger partial charge in [0.2, 0.25) is 0 Å². The van der Waals surface area contributed by atoms with Crippen molar-refractivity contribution in [2.75, 3.05) is 31.7 Å². The second kappa shape index (κ2) is 6.57. The highest BCUT2D eigenvalue weighted by Crippen LogP contribution is 2.25. The number of nitrogens with zero attached hydrogens (tertiary/aromatic N) is 1. The third-order valence-electron chi connectivity index (χ3n) is 4.16. The second-order valence-electron chi connectivity index (χ2n) is 5.80. The molecule has 0 amide bonds. The first-order chi connectivity index (χ1) is 9.54. The SMILES string of the molecule is CC[C@@H](N)c1ccc(N(C)CC2(O)CCOCC2)cc1. The molecule has 1 atom stereocenters. The first-order valence-electron chi connectivity index (χ1n) is 7.41. The molecule has 1 heterocycles. The predicted octanol–water partition coefficient (Wildman–Crippen LogP) is 2.07. The van der Waals surface area contributed by atoms with E-state index in [0.29, 0.717) is 32.6 Å². The van der Waals surface area contributed by atoms with Crippen LogP contribution < -0.4 is 10.6 Å². The molecule has 1 aromatic rings. The fourth-order valence-corrected chi connectivity index (χ4v) is 2.65. The van der Waals surface area contributed by atoms with Crippen molar-refractivity contribution in [3.63, 3.8) is 0 Å². The molecule has 2 rings (SSSR count). The minimum Gasteiger partial charge on any atom is -0.388 e. The maximum absolute atomic E-state index is 10.5. The average Bonchev–Trinajstić information content (AvgIpc) is 2.47. The largest absolute Gasteiger partial charge is 0.388 e. The number of aliphatic hydroxyl groups is 1. The van der Waals surface area contributed by atoms with E-state index in [9.17, 15) is 5.11 Å². The van der Waals surface area contributed by atoms with E-state index in [1.807, 2.05) is 7.05 Å². The summed E-state index contributed by atoms with van der Waals surface area (Å²) in [5.74, 6) is 0. The summed E-state index contributed by atoms with van der Waals surface area (Å²) in [5.41, 5.74) is 7.66. The summed E-state index contributed by atoms with van der Waals surface area (Å²) in [6, 6.07) is 8.41. The standard InChI is InChI=1S/C16H26N2O2/c1-3-15(17)13-4-6-14(7-5-13)18(2)12-16(19)8-10-20-11-9-16/h4-7,15,19H,3,8-12,17H2,1-2H3/t15-/m1/s1. The van der Waals surface area contributed by atoms with Crippen molar-refractivity contribution in [1.82, 2.24) is 0 Å². The Kier molecular flexibility index (Phi) is 5.02. The van der Waals surface area contributed by atoms with Gasteiger partial charge in [-0.1, -0.05) is 19.1 Å². The molecule has 4 nitrogen and oxygen atoms in total. The second-order valence-corrected chi connectivity index (χ2v) is 5.80. The Morgan fingerprint density at radius 2 is 1.90 bits per heavy atom. The van der Waals surface area contributed by atoms with Crippen LogP contribution in [0.1, 0.15) is 37.8 Å². The minimum absolute atomic E-state index is 0.106. The number of hydrogen-bond acceptors (Lipinski definition) is 4. The lowest BCUT2D eigenvalue weighted by molar-refractivity contribution is -0.0572. The summed E-state index contributed by atoms with van der Waals surface area (Å²) in [4.78, 5) is 2.10. The lowest BCUT2D eigenvalue weighted by Gasteiger charge is -2.36. The zero-order chi connectivity index (χ0) is 14.6. The van der Waals surface area contributed by atoms with Crippen LogP contribution >= 0.6 is 0 Å². The smallest absolute Gasteiger partial charge is 0.0865 e. The van der Waals surface area contributed by atoms with Gasteiger partial charge >= 0.3 is 0 Å². The number of nitrogens with two attached hydrogens (primary N) is 1. The average molecular weight is 278 g/mol. The van der Waals surface area contributed by atoms with Gasteiger partial charge in [0, 0.05) is 51.4 Å². The summed E-state index contributed by atoms with van der Waals surface area (Å²) in [7, 11) is 2.02. The zero-order valence-corrected chi connectivity index (χ0v) is 12.5. The Morgan fingerprint density at radius 1 is 1.30 bits per heavy atom. The molecule has 4 heteroatoms. The van der Waals surface area contributed by atoms with Crippen LogP contribution in [-0.4, -0.2) is 37.5 Å². The van der Waals surface area contributed by atoms with Gasteiger partial charge in [0.15, 0.2) is 0 Å². The molecule has 0 radical (unpaired) electrons. The molecule has 1 aliphatic heterocycles. The highest BCUT2D eigenvalue weighted by Gasteiger charge is 2.31. The lowest BCUT2D eigenvalue weighted by atomic mass is 9.93. The molecule has 0 saturated carbocycles. The highest BCUT2D eigenvalue weighted by molar-refractivity contribution is 5.47. The normalized spacial score (nSPS) is 19.6. The summed E-state index contributed by atoms with van der Waals surface area (Å²) >= 11 is 0. The van der Waals surface area contributed by atoms with E-state index in [1.165, 1.54) is 0 Å². The summed E-state index contributed by atoms with van der Waals surface area (Å²) < 4.78 is 5.31. The Bertz CT molecular complexity index is 413. The summed E-state index contributed by atoms with van der Waals surface area (Å²) in [6.07, 6.45) is 2.35. The van der Waals surface area contributed by atoms with Crippen molar-refractivity contribution in [2.24, 2.45) is 5.73 Å². The maximum atomic E-state index is 10.5. The van der Waals surface area contributed by atoms with Crippen molar-refractivity contribution in [3.05, 3.63) is 29.8 Å². The van der Waals surface area contributed by atoms with E-state index in [2.05, 4.69) is 36.1 Å². The first-order valence-corrected chi connectivity index (χ1v) is 7.41. The van der Waals surface area contributed by atoms with E-state index >= 15 is 0 Å². The van der Waals surface area contributed by atoms with Gasteiger partial charge in [0.1, 0.15) is 0 Å². The molecule has 0 aromatic heterocycles. The molecule has 1 aromatic carbocycles. The van der Waals surface area contributed by atoms with E-state index < -0.39 is 5.60 Å². The van der Waals surface area contributed by atoms with E-state index in [-0.39, 0.29) is 6.04 Å². The van der Waals surface area contributed by atoms with Gasteiger partial charge in [0.05, 0.1) is 5.60 Å². The lowest BCUT2D eigenvalue weighted by Crippen LogP contribution is -2.45. The van der Waals surface area contributed by atoms with Crippen LogP contribution in [-0.2, 0) is 4.74 Å². The van der Waals surface area contributed by atoms with Crippen LogP contribution in [0.2, 0.25) is 0 Å². The van der Waals surface area contributed by atoms with Gasteiger partial charge < -0.3 is 20.5 Å². The van der Waals surface area contributed by atoms with Crippen molar-refractivity contribution >= 4 is 5.69 Å². The van der Waals surface area contributed by atoms with Crippen molar-refractivity contribution in [1.29, 1.82) is 0 Å². The molecule has 1 aliphatic rings. The van der Waals surface area contributed by atoms with E-state index in [0.717, 1.165) is 17.7 Å². The summed E-state index contributed by atoms with van der Waals surface area (Å²) in [5, 5.41) is 10.5. The molecular formula is C16H26N2O2. The molecule has 20 heavy (non-hydrogen) atoms. The van der Waals surface area contributed by atoms with Gasteiger partial charge in [0.25, 0.3) is 0 Å². The first kappa shape index (κ1) is 15.3. The quantitative estimate of drug-likeness (QED) is 0.865. The topological polar surface area (TPSA) is 58.7 Å². The molecule has 0 aliphatic carbocycles. The molecule has 112 valence electrons. The molecular weight excluding hydrogens is 252 g/mol. The van der Waals surface area contributed by atoms with Gasteiger partial charge in [-0.15, -0.1) is 0 Å². The molecule has 0 unspecified atom stereocenters. The maximum Gasteiger partial charge on any atom is 0.0865 e. The number of likely N-dealkylation sites (N-methyl/N-ethyl adjacent to an activating group) is 1. The predicted molar refractivity (Wildman–Crippen MR) is 81.9 cm³/mol. The summed E-state index contributed by atoms with van der Waals surface area (Å²) in [6.45, 7) is 4.02. The van der Waals surface area contributed by atoms with E-state index in [1.54, 1.807) is 0 Å². The van der Waals surface area contributed by atoms with Crippen LogP contribution in [0.3, 0.4) is 0 Å². The third-order valence-corrected chi connectivity index (χ3v) is 4.16. The molecule has 0 bridgehead atoms. The van der Waals surface area contributed by atoms with Gasteiger partial charge in [-0.05, 0) is 24.1 Å². The Hall–Kier alpha value is -1.10. The van der Waals surface area contributed by atoms with Crippen LogP contribution in [0.5, 0.6) is 0 Å². The number of anilines is 1. The van der Waals surface area contributed by atoms with Crippen molar-refractivity contribution < 1.29 is 9.84 Å². The molecule has 3 N–H and O–H groups in total. The van der Waals surface area contributed by atoms with Crippen molar-refractivity contribution in [2.45, 2.75) is 37.8 Å². The number of rotatable bonds is 5. The Balaban J connectivity index is 2.00. The molecule has 1 fully saturated rings. The van der Waals surface area contributed by atoms with Crippen LogP contribution in [0.4, 0.5) is 5.69 Å². The molecule has 0 spiro atoms. The monoisotopic (exact) mass is 278 g/mol. The fraction of sp³-hybridized carbons (Fsp3) is 0.625. The third kappa shape index (κ3) is 3.72. The number of ether oxygens (including phenoxy) is 1. The van der Waals surface area contributed by atoms with Crippen molar-refractivity contribution in [3.8, 4) is 0 Å².